The number of rotatable bonds is 36. The number of carbonyl (C=O) groups is 13. The molecule has 18 N–H and O–H groups in total. The Labute approximate surface area is 707 Å². The number of aromatic nitrogens is 3. The van der Waals surface area contributed by atoms with Crippen LogP contribution in [-0.2, 0) is 86.3 Å². The number of imidazole rings is 1. The number of carboxylic acids is 1. The van der Waals surface area contributed by atoms with Gasteiger partial charge >= 0.3 is 5.97 Å². The second kappa shape index (κ2) is 44.2. The molecule has 0 unspecified atom stereocenters. The standard InChI is InChI=1S/C59H84N16O12.C27H40O3.C2H4O2/c1-6-63-57(86)48-14-10-22-75(48)58(87)41(13-9-21-64-59(60)61)68-51(80)42(23-32(2)3)69-52(81)43(24-33(4)5)70-53(82)44(25-34-15-17-37(77)18-16-34)71-56(85)47(30-76)74-54(83)45(26-35-28-65-39-12-8-7-11-38(35)39)72-55(84)46(27-36-29-62-31-66-36)73-50(79)40-19-20-49(78)67-40;1-26-15-13-20(28)17-19(26)8-9-21-22-10-11-24(27(22,2)16-14-23(21)26)30-25(29)12-7-18-5-3-4-6-18;1-2(3)4/h7-8,11-12,15-18,28-29,31-33,40-48,65,76-77H,6,9-10,13-14,19-27,30H2,1-5H3,(H,62,66)(H,63,86)(H,67,78)(H,68,80)(H,69,81)(H,70,82)(H,71,85)(H,72,84)(H,73,79)(H,74,83)(H4,60,61,64);17-18,21-24H,3-16H2,1-2H3;1H3,(H,3,4)/t40-,41-,42-,43+,44-,45-,46-,47-,48-;21-,22-,23-,24-,26-,27-;/m00./s1. The molecule has 0 radical (unpaired) electrons. The number of hydrogen-bond acceptors (Lipinski definition) is 18. The number of allylic oxidation sites excluding steroid dienone is 1. The number of nitrogens with zero attached hydrogens (tertiary/aromatic N) is 2. The monoisotopic (exact) mass is 1680 g/mol. The van der Waals surface area contributed by atoms with Crippen molar-refractivity contribution in [3.63, 3.8) is 0 Å². The van der Waals surface area contributed by atoms with Crippen LogP contribution < -0.4 is 58.9 Å². The van der Waals surface area contributed by atoms with E-state index in [0.29, 0.717) is 72.1 Å². The zero-order valence-electron chi connectivity index (χ0n) is 71.2. The Morgan fingerprint density at radius 2 is 1.28 bits per heavy atom. The highest BCUT2D eigenvalue weighted by Gasteiger charge is 2.60. The third-order valence-corrected chi connectivity index (χ3v) is 25.3. The second-order valence-electron chi connectivity index (χ2n) is 35.1. The molecule has 33 nitrogen and oxygen atoms in total. The molecule has 11 rings (SSSR count). The van der Waals surface area contributed by atoms with E-state index in [0.717, 1.165) is 56.4 Å². The fraction of sp³-hybridized carbons (Fsp3) is 0.625. The molecule has 10 amide bonds. The van der Waals surface area contributed by atoms with Crippen molar-refractivity contribution in [3.8, 4) is 5.75 Å². The number of ether oxygens (including phenoxy) is 1. The Balaban J connectivity index is 0.000000401. The summed E-state index contributed by atoms with van der Waals surface area (Å²) in [5.74, 6) is -5.25. The number of benzene rings is 2. The number of phenols is 1. The molecule has 4 heterocycles. The SMILES string of the molecule is CC(=O)O.CCNC(=O)[C@@H]1CCCN1C(=O)[C@H](CCCNC(=N)N)NC(=O)[C@H](CC(C)C)NC(=O)[C@@H](CC(C)C)NC(=O)[C@H](Cc1ccc(O)cc1)NC(=O)[C@H](CO)NC(=O)[C@H](Cc1c[nH]c2ccccc12)NC(=O)[C@H](Cc1cnc[nH]1)NC(=O)[C@@H]1CCC(=O)N1.C[C@]12CC[C@H]3[C@@H](CCC4=CC(=O)CC[C@@]43C)[C@@H]1CC[C@@H]2OC(=O)CCC1CCCC1. The number of guanidine groups is 1. The van der Waals surface area contributed by atoms with Gasteiger partial charge in [0.15, 0.2) is 11.7 Å². The Bertz CT molecular complexity index is 4310. The molecule has 2 saturated heterocycles. The van der Waals surface area contributed by atoms with Gasteiger partial charge in [-0.05, 0) is 180 Å². The average molecular weight is 1680 g/mol. The van der Waals surface area contributed by atoms with Gasteiger partial charge in [0, 0.05) is 99.5 Å². The number of H-pyrrole nitrogens is 2. The number of hydrogen-bond donors (Lipinski definition) is 17. The van der Waals surface area contributed by atoms with Crippen molar-refractivity contribution < 1.29 is 82.4 Å². The van der Waals surface area contributed by atoms with Crippen LogP contribution in [0.3, 0.4) is 0 Å². The van der Waals surface area contributed by atoms with E-state index in [1.165, 1.54) is 98.6 Å². The molecule has 0 bridgehead atoms. The lowest BCUT2D eigenvalue weighted by molar-refractivity contribution is -0.160. The van der Waals surface area contributed by atoms with Gasteiger partial charge in [-0.1, -0.05) is 103 Å². The first-order valence-corrected chi connectivity index (χ1v) is 43.3. The van der Waals surface area contributed by atoms with Crippen molar-refractivity contribution in [1.82, 2.24) is 73.0 Å². The van der Waals surface area contributed by atoms with Crippen molar-refractivity contribution in [3.05, 3.63) is 95.7 Å². The lowest BCUT2D eigenvalue weighted by Crippen LogP contribution is -2.61. The summed E-state index contributed by atoms with van der Waals surface area (Å²) in [6.07, 6.45) is 23.6. The summed E-state index contributed by atoms with van der Waals surface area (Å²) in [5.41, 5.74) is 9.52. The van der Waals surface area contributed by atoms with E-state index in [9.17, 15) is 67.7 Å². The minimum Gasteiger partial charge on any atom is -0.508 e. The van der Waals surface area contributed by atoms with Crippen LogP contribution in [0, 0.1) is 51.7 Å². The maximum atomic E-state index is 14.7. The summed E-state index contributed by atoms with van der Waals surface area (Å²) in [4.78, 5) is 185. The summed E-state index contributed by atoms with van der Waals surface area (Å²) in [5, 5.41) is 63.5. The molecule has 6 fully saturated rings. The third-order valence-electron chi connectivity index (χ3n) is 25.3. The Morgan fingerprint density at radius 3 is 1.89 bits per heavy atom. The number of aliphatic hydroxyl groups is 1. The van der Waals surface area contributed by atoms with Crippen molar-refractivity contribution in [2.45, 2.75) is 276 Å². The minimum atomic E-state index is -1.75. The van der Waals surface area contributed by atoms with Crippen LogP contribution >= 0.6 is 0 Å². The normalized spacial score (nSPS) is 23.3. The fourth-order valence-corrected chi connectivity index (χ4v) is 19.1. The molecule has 4 aromatic rings. The van der Waals surface area contributed by atoms with Gasteiger partial charge in [-0.25, -0.2) is 4.98 Å². The van der Waals surface area contributed by atoms with E-state index in [-0.39, 0.29) is 123 Å². The summed E-state index contributed by atoms with van der Waals surface area (Å²) in [7, 11) is 0. The number of fused-ring (bicyclic) bond motifs is 6. The van der Waals surface area contributed by atoms with Crippen molar-refractivity contribution in [2.24, 2.45) is 52.1 Å². The zero-order chi connectivity index (χ0) is 87.8. The number of aliphatic hydroxyl groups excluding tert-OH is 1. The summed E-state index contributed by atoms with van der Waals surface area (Å²) >= 11 is 0. The number of esters is 1. The van der Waals surface area contributed by atoms with E-state index in [4.69, 9.17) is 25.8 Å². The maximum absolute atomic E-state index is 14.7. The van der Waals surface area contributed by atoms with E-state index in [1.54, 1.807) is 45.2 Å². The number of carbonyl (C=O) groups excluding carboxylic acids is 12. The number of aromatic amines is 2. The van der Waals surface area contributed by atoms with Crippen LogP contribution in [0.25, 0.3) is 10.9 Å². The number of likely N-dealkylation sites (tertiary alicyclic amines) is 1. The Morgan fingerprint density at radius 1 is 0.669 bits per heavy atom. The van der Waals surface area contributed by atoms with Crippen LogP contribution in [0.15, 0.2) is 78.9 Å². The lowest BCUT2D eigenvalue weighted by atomic mass is 9.47. The van der Waals surface area contributed by atoms with Gasteiger partial charge in [0.1, 0.15) is 66.2 Å². The van der Waals surface area contributed by atoms with E-state index in [2.05, 4.69) is 82.0 Å². The minimum absolute atomic E-state index is 0.0380. The van der Waals surface area contributed by atoms with Crippen molar-refractivity contribution in [2.75, 3.05) is 26.2 Å². The van der Waals surface area contributed by atoms with Gasteiger partial charge in [0.05, 0.1) is 12.9 Å². The van der Waals surface area contributed by atoms with Crippen LogP contribution in [0.4, 0.5) is 0 Å². The van der Waals surface area contributed by atoms with Gasteiger partial charge in [0.25, 0.3) is 5.97 Å². The fourth-order valence-electron chi connectivity index (χ4n) is 19.1. The van der Waals surface area contributed by atoms with Crippen LogP contribution in [-0.4, -0.2) is 205 Å². The molecule has 15 atom stereocenters. The number of nitrogens with one attached hydrogen (secondary N) is 13. The second-order valence-corrected chi connectivity index (χ2v) is 35.1. The highest BCUT2D eigenvalue weighted by atomic mass is 16.5. The van der Waals surface area contributed by atoms with Crippen molar-refractivity contribution >= 4 is 93.7 Å². The zero-order valence-corrected chi connectivity index (χ0v) is 71.2. The van der Waals surface area contributed by atoms with E-state index < -0.39 is 114 Å². The lowest BCUT2D eigenvalue weighted by Gasteiger charge is -2.57. The molecule has 2 aromatic carbocycles. The number of amides is 10. The van der Waals surface area contributed by atoms with Crippen LogP contribution in [0.1, 0.15) is 213 Å². The molecule has 33 heteroatoms. The van der Waals surface area contributed by atoms with E-state index in [1.807, 2.05) is 26.0 Å². The molecular weight excluding hydrogens is 1550 g/mol. The quantitative estimate of drug-likeness (QED) is 0.0119. The molecule has 0 spiro atoms. The molecule has 2 aliphatic heterocycles. The number of nitrogens with two attached hydrogens (primary N) is 1. The molecular formula is C88H128N16O17. The molecule has 121 heavy (non-hydrogen) atoms. The molecule has 5 aliphatic carbocycles. The number of para-hydroxylation sites is 1. The summed E-state index contributed by atoms with van der Waals surface area (Å²) in [6, 6.07) is 1.56. The molecule has 7 aliphatic rings. The number of aliphatic carboxylic acids is 1. The molecule has 662 valence electrons. The Hall–Kier alpha value is -10.7. The highest BCUT2D eigenvalue weighted by molar-refractivity contribution is 6.00. The predicted molar refractivity (Wildman–Crippen MR) is 450 cm³/mol. The van der Waals surface area contributed by atoms with Crippen LogP contribution in [0.5, 0.6) is 5.75 Å². The largest absolute Gasteiger partial charge is 0.508 e. The predicted octanol–water partition coefficient (Wildman–Crippen LogP) is 5.26. The first kappa shape index (κ1) is 94.1. The van der Waals surface area contributed by atoms with Gasteiger partial charge < -0.3 is 93.8 Å². The maximum Gasteiger partial charge on any atom is 0.306 e. The van der Waals surface area contributed by atoms with Gasteiger partial charge in [0.2, 0.25) is 59.1 Å². The first-order chi connectivity index (χ1) is 57.7. The van der Waals surface area contributed by atoms with Gasteiger partial charge in [-0.2, -0.15) is 0 Å². The van der Waals surface area contributed by atoms with Crippen LogP contribution in [0.2, 0.25) is 0 Å². The molecule has 4 saturated carbocycles. The van der Waals surface area contributed by atoms with Gasteiger partial charge in [-0.3, -0.25) is 67.7 Å². The topological polar surface area (TPSA) is 510 Å². The summed E-state index contributed by atoms with van der Waals surface area (Å²) in [6.45, 7) is 14.8. The smallest absolute Gasteiger partial charge is 0.306 e. The van der Waals surface area contributed by atoms with Gasteiger partial charge in [-0.15, -0.1) is 0 Å². The average Bonchev–Trinajstić information content (AvgIpc) is 1.63. The number of phenolic OH excluding ortho intramolecular Hbond substituents is 1. The summed E-state index contributed by atoms with van der Waals surface area (Å²) < 4.78 is 6.17. The first-order valence-electron chi connectivity index (χ1n) is 43.3. The number of aromatic hydroxyl groups is 1. The highest BCUT2D eigenvalue weighted by Crippen LogP contribution is 2.66. The number of ketones is 1. The number of carboxylic acid groups (broad SMARTS) is 1. The number of likely N-dealkylation sites (N-methyl/N-ethyl adjacent to an activating group) is 1. The Kier molecular flexibility index (Phi) is 34.4. The molecule has 2 aromatic heterocycles. The third kappa shape index (κ3) is 26.2. The van der Waals surface area contributed by atoms with Crippen molar-refractivity contribution in [1.29, 1.82) is 5.41 Å². The van der Waals surface area contributed by atoms with E-state index >= 15 is 0 Å².